The Morgan fingerprint density at radius 1 is 0.433 bits per heavy atom. The number of hydrogen-bond acceptors (Lipinski definition) is 6. The van der Waals surface area contributed by atoms with E-state index in [0.717, 1.165) is 25.2 Å². The van der Waals surface area contributed by atoms with Gasteiger partial charge in [0.2, 0.25) is 0 Å². The van der Waals surface area contributed by atoms with Crippen LogP contribution in [0.2, 0.25) is 0 Å². The quantitative estimate of drug-likeness (QED) is 0.154. The van der Waals surface area contributed by atoms with Crippen LogP contribution >= 0.6 is 0 Å². The molecule has 0 aliphatic rings. The summed E-state index contributed by atoms with van der Waals surface area (Å²) in [5.41, 5.74) is 0. The van der Waals surface area contributed by atoms with Gasteiger partial charge >= 0.3 is 0 Å². The molecule has 6 N–H and O–H groups in total. The Morgan fingerprint density at radius 2 is 0.767 bits per heavy atom. The van der Waals surface area contributed by atoms with Gasteiger partial charge in [-0.1, -0.05) is 104 Å². The van der Waals surface area contributed by atoms with E-state index >= 15 is 0 Å². The smallest absolute Gasteiger partial charge is 0.111 e. The minimum absolute atomic E-state index is 0.331. The summed E-state index contributed by atoms with van der Waals surface area (Å²) in [5, 5.41) is 57.2. The van der Waals surface area contributed by atoms with Gasteiger partial charge < -0.3 is 30.6 Å². The highest BCUT2D eigenvalue weighted by Gasteiger charge is 2.33. The SMILES string of the molecule is CC(C)CCCCCCCCCCCCCCCC(O)[C@H](O)[C@@H](O)[C@H](O)[C@H](O)CO. The Labute approximate surface area is 184 Å². The standard InChI is InChI=1S/C24H50O6/c1-19(2)16-14-12-10-8-6-4-3-5-7-9-11-13-15-17-20(26)22(28)24(30)23(29)21(27)18-25/h19-30H,3-18H2,1-2H3/t20?,21-,22+,23-,24-/m1/s1. The van der Waals surface area contributed by atoms with Crippen LogP contribution < -0.4 is 0 Å². The molecule has 0 radical (unpaired) electrons. The van der Waals surface area contributed by atoms with Gasteiger partial charge in [-0.3, -0.25) is 0 Å². The van der Waals surface area contributed by atoms with Crippen LogP contribution in [-0.2, 0) is 0 Å². The zero-order chi connectivity index (χ0) is 22.8. The summed E-state index contributed by atoms with van der Waals surface area (Å²) in [6, 6.07) is 0. The lowest BCUT2D eigenvalue weighted by Gasteiger charge is -2.28. The summed E-state index contributed by atoms with van der Waals surface area (Å²) in [5.74, 6) is 0.834. The summed E-state index contributed by atoms with van der Waals surface area (Å²) in [6.07, 6.45) is 10.1. The minimum atomic E-state index is -1.69. The number of aliphatic hydroxyl groups excluding tert-OH is 6. The van der Waals surface area contributed by atoms with Crippen molar-refractivity contribution in [1.29, 1.82) is 0 Å². The van der Waals surface area contributed by atoms with Crippen molar-refractivity contribution in [3.8, 4) is 0 Å². The largest absolute Gasteiger partial charge is 0.394 e. The third-order valence-electron chi connectivity index (χ3n) is 5.96. The second-order valence-corrected chi connectivity index (χ2v) is 9.36. The van der Waals surface area contributed by atoms with Crippen molar-refractivity contribution in [1.82, 2.24) is 0 Å². The van der Waals surface area contributed by atoms with Crippen molar-refractivity contribution in [2.45, 2.75) is 141 Å². The molecule has 0 aliphatic heterocycles. The maximum atomic E-state index is 9.94. The first-order chi connectivity index (χ1) is 14.3. The molecule has 0 bridgehead atoms. The van der Waals surface area contributed by atoms with Crippen molar-refractivity contribution >= 4 is 0 Å². The highest BCUT2D eigenvalue weighted by Crippen LogP contribution is 2.16. The fourth-order valence-corrected chi connectivity index (χ4v) is 3.79. The Hall–Kier alpha value is -0.240. The van der Waals surface area contributed by atoms with Crippen molar-refractivity contribution in [3.63, 3.8) is 0 Å². The molecule has 30 heavy (non-hydrogen) atoms. The second kappa shape index (κ2) is 19.4. The monoisotopic (exact) mass is 434 g/mol. The van der Waals surface area contributed by atoms with E-state index in [1.54, 1.807) is 0 Å². The summed E-state index contributed by atoms with van der Waals surface area (Å²) in [6.45, 7) is 3.86. The summed E-state index contributed by atoms with van der Waals surface area (Å²) >= 11 is 0. The maximum absolute atomic E-state index is 9.94. The molecule has 6 nitrogen and oxygen atoms in total. The van der Waals surface area contributed by atoms with Gasteiger partial charge in [0.05, 0.1) is 12.7 Å². The molecule has 0 aliphatic carbocycles. The average Bonchev–Trinajstić information content (AvgIpc) is 2.73. The second-order valence-electron chi connectivity index (χ2n) is 9.36. The number of unbranched alkanes of at least 4 members (excludes halogenated alkanes) is 12. The van der Waals surface area contributed by atoms with Crippen molar-refractivity contribution in [2.75, 3.05) is 6.61 Å². The van der Waals surface area contributed by atoms with Gasteiger partial charge in [-0.2, -0.15) is 0 Å². The van der Waals surface area contributed by atoms with E-state index in [4.69, 9.17) is 5.11 Å². The molecule has 0 fully saturated rings. The van der Waals surface area contributed by atoms with Crippen LogP contribution in [-0.4, -0.2) is 67.8 Å². The molecule has 0 amide bonds. The summed E-state index contributed by atoms with van der Waals surface area (Å²) < 4.78 is 0. The molecule has 182 valence electrons. The number of aliphatic hydroxyl groups is 6. The van der Waals surface area contributed by atoms with Crippen molar-refractivity contribution < 1.29 is 30.6 Å². The molecule has 1 unspecified atom stereocenters. The van der Waals surface area contributed by atoms with E-state index < -0.39 is 37.1 Å². The first-order valence-electron chi connectivity index (χ1n) is 12.3. The average molecular weight is 435 g/mol. The van der Waals surface area contributed by atoms with Gasteiger partial charge in [-0.15, -0.1) is 0 Å². The lowest BCUT2D eigenvalue weighted by molar-refractivity contribution is -0.141. The minimum Gasteiger partial charge on any atom is -0.394 e. The molecular weight excluding hydrogens is 384 g/mol. The molecule has 0 spiro atoms. The van der Waals surface area contributed by atoms with E-state index in [1.165, 1.54) is 70.6 Å². The Kier molecular flexibility index (Phi) is 19.3. The molecule has 6 heteroatoms. The number of rotatable bonds is 21. The lowest BCUT2D eigenvalue weighted by Crippen LogP contribution is -2.49. The predicted octanol–water partition coefficient (Wildman–Crippen LogP) is 3.29. The predicted molar refractivity (Wildman–Crippen MR) is 121 cm³/mol. The fraction of sp³-hybridized carbons (Fsp3) is 1.00. The van der Waals surface area contributed by atoms with Gasteiger partial charge in [0.15, 0.2) is 0 Å². The van der Waals surface area contributed by atoms with Crippen molar-refractivity contribution in [3.05, 3.63) is 0 Å². The van der Waals surface area contributed by atoms with Gasteiger partial charge in [0.1, 0.15) is 24.4 Å². The van der Waals surface area contributed by atoms with Gasteiger partial charge in [0.25, 0.3) is 0 Å². The molecule has 0 saturated heterocycles. The van der Waals surface area contributed by atoms with Crippen molar-refractivity contribution in [2.24, 2.45) is 5.92 Å². The number of hydrogen-bond donors (Lipinski definition) is 6. The third-order valence-corrected chi connectivity index (χ3v) is 5.96. The van der Waals surface area contributed by atoms with Gasteiger partial charge in [-0.05, 0) is 12.3 Å². The zero-order valence-corrected chi connectivity index (χ0v) is 19.5. The highest BCUT2D eigenvalue weighted by molar-refractivity contribution is 4.84. The first-order valence-corrected chi connectivity index (χ1v) is 12.3. The van der Waals surface area contributed by atoms with Crippen LogP contribution in [0.1, 0.15) is 110 Å². The molecule has 0 aromatic heterocycles. The first kappa shape index (κ1) is 29.8. The Morgan fingerprint density at radius 3 is 1.13 bits per heavy atom. The van der Waals surface area contributed by atoms with E-state index in [-0.39, 0.29) is 0 Å². The normalized spacial score (nSPS) is 17.1. The molecule has 0 aromatic rings. The third kappa shape index (κ3) is 15.5. The fourth-order valence-electron chi connectivity index (χ4n) is 3.79. The molecule has 0 aromatic carbocycles. The van der Waals surface area contributed by atoms with Crippen LogP contribution in [0, 0.1) is 5.92 Å². The topological polar surface area (TPSA) is 121 Å². The van der Waals surface area contributed by atoms with E-state index in [0.29, 0.717) is 6.42 Å². The molecule has 0 saturated carbocycles. The van der Waals surface area contributed by atoms with Crippen LogP contribution in [0.4, 0.5) is 0 Å². The lowest BCUT2D eigenvalue weighted by atomic mass is 9.96. The molecule has 5 atom stereocenters. The zero-order valence-electron chi connectivity index (χ0n) is 19.5. The highest BCUT2D eigenvalue weighted by atomic mass is 16.4. The Bertz CT molecular complexity index is 366. The van der Waals surface area contributed by atoms with Crippen LogP contribution in [0.25, 0.3) is 0 Å². The van der Waals surface area contributed by atoms with E-state index in [1.807, 2.05) is 0 Å². The summed E-state index contributed by atoms with van der Waals surface area (Å²) in [7, 11) is 0. The van der Waals surface area contributed by atoms with Crippen LogP contribution in [0.5, 0.6) is 0 Å². The van der Waals surface area contributed by atoms with Crippen LogP contribution in [0.15, 0.2) is 0 Å². The summed E-state index contributed by atoms with van der Waals surface area (Å²) in [4.78, 5) is 0. The van der Waals surface area contributed by atoms with E-state index in [9.17, 15) is 25.5 Å². The van der Waals surface area contributed by atoms with E-state index in [2.05, 4.69) is 13.8 Å². The van der Waals surface area contributed by atoms with Gasteiger partial charge in [-0.25, -0.2) is 0 Å². The molecule has 0 heterocycles. The maximum Gasteiger partial charge on any atom is 0.111 e. The Balaban J connectivity index is 3.48. The molecular formula is C24H50O6. The van der Waals surface area contributed by atoms with Crippen LogP contribution in [0.3, 0.4) is 0 Å². The van der Waals surface area contributed by atoms with Gasteiger partial charge in [0, 0.05) is 0 Å². The molecule has 0 rings (SSSR count).